The summed E-state index contributed by atoms with van der Waals surface area (Å²) >= 11 is 1.38. The largest absolute Gasteiger partial charge is 0.318 e. The zero-order valence-electron chi connectivity index (χ0n) is 18.8. The van der Waals surface area contributed by atoms with E-state index in [1.807, 2.05) is 47.9 Å². The number of thioether (sulfide) groups is 1. The smallest absolute Gasteiger partial charge is 0.283 e. The van der Waals surface area contributed by atoms with E-state index in [1.165, 1.54) is 17.3 Å². The Hall–Kier alpha value is -3.64. The molecule has 33 heavy (non-hydrogen) atoms. The summed E-state index contributed by atoms with van der Waals surface area (Å²) in [5.41, 5.74) is 7.60. The molecule has 5 rings (SSSR count). The van der Waals surface area contributed by atoms with Crippen LogP contribution in [0.15, 0.2) is 76.6 Å². The minimum absolute atomic E-state index is 0.156. The van der Waals surface area contributed by atoms with Gasteiger partial charge in [-0.05, 0) is 55.2 Å². The van der Waals surface area contributed by atoms with Gasteiger partial charge in [-0.2, -0.15) is 4.99 Å². The molecule has 3 aromatic rings. The van der Waals surface area contributed by atoms with E-state index in [9.17, 15) is 4.79 Å². The van der Waals surface area contributed by atoms with Crippen LogP contribution in [-0.4, -0.2) is 26.4 Å². The van der Waals surface area contributed by atoms with E-state index >= 15 is 0 Å². The maximum Gasteiger partial charge on any atom is 0.283 e. The number of aromatic nitrogens is 1. The summed E-state index contributed by atoms with van der Waals surface area (Å²) in [5, 5.41) is 11.4. The topological polar surface area (TPSA) is 61.5 Å². The highest BCUT2D eigenvalue weighted by Crippen LogP contribution is 2.37. The van der Waals surface area contributed by atoms with E-state index in [0.29, 0.717) is 10.7 Å². The second-order valence-corrected chi connectivity index (χ2v) is 8.91. The summed E-state index contributed by atoms with van der Waals surface area (Å²) in [6.07, 6.45) is 2.75. The average Bonchev–Trinajstić information content (AvgIpc) is 3.37. The lowest BCUT2D eigenvalue weighted by Gasteiger charge is -2.26. The lowest BCUT2D eigenvalue weighted by atomic mass is 10.1. The number of para-hydroxylation sites is 1. The lowest BCUT2D eigenvalue weighted by molar-refractivity contribution is -0.114. The summed E-state index contributed by atoms with van der Waals surface area (Å²) in [6, 6.07) is 20.3. The van der Waals surface area contributed by atoms with Crippen LogP contribution in [0.5, 0.6) is 0 Å². The van der Waals surface area contributed by atoms with E-state index in [2.05, 4.69) is 54.6 Å². The summed E-state index contributed by atoms with van der Waals surface area (Å²) in [7, 11) is 0. The van der Waals surface area contributed by atoms with Crippen molar-refractivity contribution in [2.24, 2.45) is 4.99 Å². The molecule has 164 valence electrons. The third kappa shape index (κ3) is 3.56. The number of rotatable bonds is 4. The number of hydrogen-bond acceptors (Lipinski definition) is 3. The molecule has 0 aliphatic carbocycles. The van der Waals surface area contributed by atoms with Gasteiger partial charge in [-0.25, -0.2) is 0 Å². The number of benzene rings is 2. The van der Waals surface area contributed by atoms with Crippen LogP contribution in [0.1, 0.15) is 35.0 Å². The molecule has 2 aliphatic rings. The van der Waals surface area contributed by atoms with Gasteiger partial charge >= 0.3 is 0 Å². The molecule has 0 atom stereocenters. The number of carbonyl (C=O) groups is 1. The second kappa shape index (κ2) is 8.37. The van der Waals surface area contributed by atoms with Crippen LogP contribution < -0.4 is 0 Å². The molecule has 6 heteroatoms. The Morgan fingerprint density at radius 2 is 1.79 bits per heavy atom. The standard InChI is InChI=1S/C27H24N4OS/c1-4-19-10-8-9-13-23(19)30-17(2)14-21(18(30)3)15-22-25(28)31-24(20-11-6-5-7-12-20)16-33-27(31)29-26(22)32/h5-16,28H,4H2,1-3H3. The van der Waals surface area contributed by atoms with Gasteiger partial charge in [0.15, 0.2) is 5.17 Å². The van der Waals surface area contributed by atoms with Crippen molar-refractivity contribution in [2.75, 3.05) is 0 Å². The van der Waals surface area contributed by atoms with E-state index in [1.54, 1.807) is 4.90 Å². The SMILES string of the molecule is CCc1ccccc1-n1c(C)cc(C=C2C(=N)N3C(c4ccccc4)=CSC3=NC2=O)c1C. The van der Waals surface area contributed by atoms with Crippen LogP contribution in [-0.2, 0) is 11.2 Å². The van der Waals surface area contributed by atoms with Crippen LogP contribution in [0.2, 0.25) is 0 Å². The van der Waals surface area contributed by atoms with E-state index in [4.69, 9.17) is 5.41 Å². The van der Waals surface area contributed by atoms with Gasteiger partial charge < -0.3 is 4.57 Å². The maximum absolute atomic E-state index is 12.9. The highest BCUT2D eigenvalue weighted by molar-refractivity contribution is 8.17. The maximum atomic E-state index is 12.9. The Labute approximate surface area is 197 Å². The molecule has 0 bridgehead atoms. The minimum Gasteiger partial charge on any atom is -0.318 e. The predicted octanol–water partition coefficient (Wildman–Crippen LogP) is 5.96. The van der Waals surface area contributed by atoms with Gasteiger partial charge in [0.25, 0.3) is 5.91 Å². The molecule has 1 aromatic heterocycles. The number of nitrogens with zero attached hydrogens (tertiary/aromatic N) is 3. The van der Waals surface area contributed by atoms with Crippen LogP contribution in [0, 0.1) is 19.3 Å². The number of aryl methyl sites for hydroxylation is 2. The van der Waals surface area contributed by atoms with Crippen molar-refractivity contribution in [1.82, 2.24) is 9.47 Å². The van der Waals surface area contributed by atoms with Gasteiger partial charge in [-0.3, -0.25) is 15.1 Å². The van der Waals surface area contributed by atoms with Crippen molar-refractivity contribution >= 4 is 40.4 Å². The molecule has 0 fully saturated rings. The lowest BCUT2D eigenvalue weighted by Crippen LogP contribution is -2.38. The molecule has 1 N–H and O–H groups in total. The van der Waals surface area contributed by atoms with Crippen molar-refractivity contribution in [3.63, 3.8) is 0 Å². The number of aliphatic imine (C=N–C) groups is 1. The third-order valence-corrected chi connectivity index (χ3v) is 6.89. The van der Waals surface area contributed by atoms with Crippen LogP contribution in [0.4, 0.5) is 0 Å². The Morgan fingerprint density at radius 1 is 1.06 bits per heavy atom. The summed E-state index contributed by atoms with van der Waals surface area (Å²) < 4.78 is 2.22. The van der Waals surface area contributed by atoms with Gasteiger partial charge in [0, 0.05) is 22.5 Å². The molecule has 3 heterocycles. The van der Waals surface area contributed by atoms with Gasteiger partial charge in [-0.1, -0.05) is 67.2 Å². The molecule has 5 nitrogen and oxygen atoms in total. The molecular formula is C27H24N4OS. The molecular weight excluding hydrogens is 428 g/mol. The molecule has 0 saturated carbocycles. The predicted molar refractivity (Wildman–Crippen MR) is 137 cm³/mol. The first-order valence-electron chi connectivity index (χ1n) is 10.9. The van der Waals surface area contributed by atoms with Crippen LogP contribution >= 0.6 is 11.8 Å². The second-order valence-electron chi connectivity index (χ2n) is 8.07. The fourth-order valence-corrected chi connectivity index (χ4v) is 5.29. The van der Waals surface area contributed by atoms with Gasteiger partial charge in [0.05, 0.1) is 11.3 Å². The van der Waals surface area contributed by atoms with Crippen molar-refractivity contribution in [3.05, 3.63) is 99.7 Å². The third-order valence-electron chi connectivity index (χ3n) is 6.07. The number of amidine groups is 2. The number of hydrogen-bond donors (Lipinski definition) is 1. The van der Waals surface area contributed by atoms with Crippen LogP contribution in [0.25, 0.3) is 17.5 Å². The monoisotopic (exact) mass is 452 g/mol. The molecule has 1 amide bonds. The molecule has 0 radical (unpaired) electrons. The summed E-state index contributed by atoms with van der Waals surface area (Å²) in [5.74, 6) is -0.218. The Bertz CT molecular complexity index is 1380. The molecule has 0 spiro atoms. The zero-order valence-corrected chi connectivity index (χ0v) is 19.6. The summed E-state index contributed by atoms with van der Waals surface area (Å²) in [6.45, 7) is 6.27. The number of nitrogens with one attached hydrogen (secondary N) is 1. The van der Waals surface area contributed by atoms with E-state index in [0.717, 1.165) is 40.3 Å². The summed E-state index contributed by atoms with van der Waals surface area (Å²) in [4.78, 5) is 19.0. The number of fused-ring (bicyclic) bond motifs is 1. The minimum atomic E-state index is -0.375. The average molecular weight is 453 g/mol. The molecule has 0 unspecified atom stereocenters. The van der Waals surface area contributed by atoms with Crippen molar-refractivity contribution in [3.8, 4) is 5.69 Å². The van der Waals surface area contributed by atoms with Crippen LogP contribution in [0.3, 0.4) is 0 Å². The zero-order chi connectivity index (χ0) is 23.1. The van der Waals surface area contributed by atoms with Gasteiger partial charge in [0.2, 0.25) is 0 Å². The highest BCUT2D eigenvalue weighted by atomic mass is 32.2. The Kier molecular flexibility index (Phi) is 5.38. The Morgan fingerprint density at radius 3 is 2.55 bits per heavy atom. The molecule has 0 saturated heterocycles. The normalized spacial score (nSPS) is 16.8. The van der Waals surface area contributed by atoms with Gasteiger partial charge in [-0.15, -0.1) is 0 Å². The fourth-order valence-electron chi connectivity index (χ4n) is 4.40. The number of carbonyl (C=O) groups excluding carboxylic acids is 1. The molecule has 2 aromatic carbocycles. The Balaban J connectivity index is 1.56. The highest BCUT2D eigenvalue weighted by Gasteiger charge is 2.36. The van der Waals surface area contributed by atoms with E-state index in [-0.39, 0.29) is 11.7 Å². The van der Waals surface area contributed by atoms with Crippen molar-refractivity contribution in [2.45, 2.75) is 27.2 Å². The van der Waals surface area contributed by atoms with E-state index < -0.39 is 0 Å². The van der Waals surface area contributed by atoms with Crippen molar-refractivity contribution in [1.29, 1.82) is 5.41 Å². The first-order chi connectivity index (χ1) is 16.0. The quantitative estimate of drug-likeness (QED) is 0.497. The fraction of sp³-hybridized carbons (Fsp3) is 0.148. The van der Waals surface area contributed by atoms with Crippen molar-refractivity contribution < 1.29 is 4.79 Å². The first kappa shape index (κ1) is 21.2. The number of amides is 1. The first-order valence-corrected chi connectivity index (χ1v) is 11.8. The molecule has 2 aliphatic heterocycles. The van der Waals surface area contributed by atoms with Gasteiger partial charge in [0.1, 0.15) is 5.84 Å².